The molecule has 5 heteroatoms. The van der Waals surface area contributed by atoms with Crippen LogP contribution in [0.1, 0.15) is 27.7 Å². The third-order valence-corrected chi connectivity index (χ3v) is 3.59. The summed E-state index contributed by atoms with van der Waals surface area (Å²) in [5, 5.41) is 0. The zero-order valence-corrected chi connectivity index (χ0v) is 11.5. The molecule has 0 saturated heterocycles. The zero-order chi connectivity index (χ0) is 12.3. The number of thioether (sulfide) groups is 1. The van der Waals surface area contributed by atoms with Crippen molar-refractivity contribution >= 4 is 34.1 Å². The van der Waals surface area contributed by atoms with Gasteiger partial charge in [-0.3, -0.25) is 13.8 Å². The smallest absolute Gasteiger partial charge is 0.142 e. The molecule has 0 aliphatic rings. The van der Waals surface area contributed by atoms with E-state index < -0.39 is 10.8 Å². The number of carbonyl (C=O) groups excluding carboxylic acids is 2. The van der Waals surface area contributed by atoms with Crippen molar-refractivity contribution in [3.63, 3.8) is 0 Å². The lowest BCUT2D eigenvalue weighted by molar-refractivity contribution is -0.115. The van der Waals surface area contributed by atoms with Crippen LogP contribution in [0.5, 0.6) is 0 Å². The summed E-state index contributed by atoms with van der Waals surface area (Å²) in [6, 6.07) is 0. The second-order valence-corrected chi connectivity index (χ2v) is 5.93. The molecule has 0 aliphatic heterocycles. The third kappa shape index (κ3) is 20.0. The van der Waals surface area contributed by atoms with E-state index in [0.717, 1.165) is 5.75 Å². The number of Topliss-reactive ketones (excluding diaryl/α,β-unsaturated/α-hetero) is 2. The summed E-state index contributed by atoms with van der Waals surface area (Å²) in [7, 11) is -0.907. The number of ketones is 2. The summed E-state index contributed by atoms with van der Waals surface area (Å²) in [6.07, 6.45) is 0. The minimum absolute atomic E-state index is 0.00480. The lowest BCUT2D eigenvalue weighted by atomic mass is 10.5. The van der Waals surface area contributed by atoms with Gasteiger partial charge in [0.25, 0.3) is 0 Å². The molecule has 0 bridgehead atoms. The number of carbonyl (C=O) groups is 2. The van der Waals surface area contributed by atoms with Crippen LogP contribution >= 0.6 is 11.8 Å². The Balaban J connectivity index is 0. The first-order chi connectivity index (χ1) is 6.93. The van der Waals surface area contributed by atoms with Crippen molar-refractivity contribution in [2.45, 2.75) is 27.7 Å². The van der Waals surface area contributed by atoms with E-state index in [2.05, 4.69) is 0 Å². The standard InChI is InChI=1S/C5H10O2S.C5H10OS/c1-3-8(7)4-5(2)6;1-3-7-4-5(2)6/h3-4H2,1-2H3;3-4H2,1-2H3. The van der Waals surface area contributed by atoms with Gasteiger partial charge in [0.05, 0.1) is 11.5 Å². The predicted molar refractivity (Wildman–Crippen MR) is 67.9 cm³/mol. The highest BCUT2D eigenvalue weighted by molar-refractivity contribution is 7.99. The molecule has 0 radical (unpaired) electrons. The maximum Gasteiger partial charge on any atom is 0.142 e. The highest BCUT2D eigenvalue weighted by Gasteiger charge is 1.97. The van der Waals surface area contributed by atoms with Gasteiger partial charge in [-0.25, -0.2) is 0 Å². The normalized spacial score (nSPS) is 11.2. The Morgan fingerprint density at radius 1 is 1.13 bits per heavy atom. The van der Waals surface area contributed by atoms with Crippen LogP contribution < -0.4 is 0 Å². The molecular formula is C10H20O3S2. The lowest BCUT2D eigenvalue weighted by Gasteiger charge is -1.89. The number of rotatable bonds is 6. The van der Waals surface area contributed by atoms with Crippen LogP contribution in [0.2, 0.25) is 0 Å². The second-order valence-electron chi connectivity index (χ2n) is 2.91. The molecule has 0 aromatic rings. The number of hydrogen-bond acceptors (Lipinski definition) is 4. The van der Waals surface area contributed by atoms with E-state index in [1.807, 2.05) is 6.92 Å². The molecule has 3 nitrogen and oxygen atoms in total. The molecule has 0 aromatic heterocycles. The Morgan fingerprint density at radius 3 is 1.80 bits per heavy atom. The van der Waals surface area contributed by atoms with Gasteiger partial charge in [-0.05, 0) is 19.6 Å². The maximum atomic E-state index is 10.5. The van der Waals surface area contributed by atoms with Crippen LogP contribution in [0.3, 0.4) is 0 Å². The summed E-state index contributed by atoms with van der Waals surface area (Å²) in [6.45, 7) is 6.92. The van der Waals surface area contributed by atoms with Gasteiger partial charge < -0.3 is 0 Å². The van der Waals surface area contributed by atoms with Crippen LogP contribution in [0, 0.1) is 0 Å². The largest absolute Gasteiger partial charge is 0.299 e. The van der Waals surface area contributed by atoms with Crippen LogP contribution in [0.15, 0.2) is 0 Å². The first kappa shape index (κ1) is 17.2. The molecule has 90 valence electrons. The number of hydrogen-bond donors (Lipinski definition) is 0. The van der Waals surface area contributed by atoms with Crippen LogP contribution in [0.25, 0.3) is 0 Å². The molecule has 0 aromatic carbocycles. The summed E-state index contributed by atoms with van der Waals surface area (Å²) in [4.78, 5) is 20.4. The average molecular weight is 252 g/mol. The second kappa shape index (κ2) is 11.9. The molecule has 0 amide bonds. The van der Waals surface area contributed by atoms with E-state index in [9.17, 15) is 13.8 Å². The van der Waals surface area contributed by atoms with Crippen molar-refractivity contribution in [3.05, 3.63) is 0 Å². The quantitative estimate of drug-likeness (QED) is 0.721. The molecule has 0 spiro atoms. The van der Waals surface area contributed by atoms with Crippen molar-refractivity contribution in [1.82, 2.24) is 0 Å². The monoisotopic (exact) mass is 252 g/mol. The molecule has 0 N–H and O–H groups in total. The van der Waals surface area contributed by atoms with Crippen LogP contribution in [0.4, 0.5) is 0 Å². The van der Waals surface area contributed by atoms with Crippen LogP contribution in [-0.4, -0.2) is 38.8 Å². The molecule has 1 atom stereocenters. The van der Waals surface area contributed by atoms with Gasteiger partial charge in [0.1, 0.15) is 11.6 Å². The van der Waals surface area contributed by atoms with Gasteiger partial charge in [0, 0.05) is 16.6 Å². The fourth-order valence-electron chi connectivity index (χ4n) is 0.575. The third-order valence-electron chi connectivity index (χ3n) is 1.20. The Bertz CT molecular complexity index is 215. The fraction of sp³-hybridized carbons (Fsp3) is 0.800. The summed E-state index contributed by atoms with van der Waals surface area (Å²) < 4.78 is 10.5. The fourth-order valence-corrected chi connectivity index (χ4v) is 1.72. The molecule has 0 saturated carbocycles. The lowest BCUT2D eigenvalue weighted by Crippen LogP contribution is -2.07. The highest BCUT2D eigenvalue weighted by atomic mass is 32.2. The van der Waals surface area contributed by atoms with Crippen molar-refractivity contribution < 1.29 is 13.8 Å². The van der Waals surface area contributed by atoms with Crippen molar-refractivity contribution in [2.24, 2.45) is 0 Å². The highest BCUT2D eigenvalue weighted by Crippen LogP contribution is 1.96. The van der Waals surface area contributed by atoms with Crippen molar-refractivity contribution in [2.75, 3.05) is 23.0 Å². The van der Waals surface area contributed by atoms with Gasteiger partial charge in [0.2, 0.25) is 0 Å². The van der Waals surface area contributed by atoms with Gasteiger partial charge in [0.15, 0.2) is 0 Å². The van der Waals surface area contributed by atoms with E-state index in [0.29, 0.717) is 11.5 Å². The van der Waals surface area contributed by atoms with E-state index in [1.54, 1.807) is 25.6 Å². The van der Waals surface area contributed by atoms with Gasteiger partial charge >= 0.3 is 0 Å². The van der Waals surface area contributed by atoms with Gasteiger partial charge in [-0.2, -0.15) is 11.8 Å². The first-order valence-corrected chi connectivity index (χ1v) is 7.49. The minimum atomic E-state index is -0.907. The molecule has 0 heterocycles. The molecule has 0 rings (SSSR count). The van der Waals surface area contributed by atoms with E-state index in [4.69, 9.17) is 0 Å². The SMILES string of the molecule is CCS(=O)CC(C)=O.CCSCC(C)=O. The molecule has 15 heavy (non-hydrogen) atoms. The summed E-state index contributed by atoms with van der Waals surface area (Å²) in [5.41, 5.74) is 0. The van der Waals surface area contributed by atoms with Crippen molar-refractivity contribution in [3.8, 4) is 0 Å². The van der Waals surface area contributed by atoms with E-state index in [-0.39, 0.29) is 17.3 Å². The summed E-state index contributed by atoms with van der Waals surface area (Å²) >= 11 is 1.67. The Hall–Kier alpha value is -0.160. The summed E-state index contributed by atoms with van der Waals surface area (Å²) in [5.74, 6) is 2.80. The average Bonchev–Trinajstić information content (AvgIpc) is 2.14. The molecule has 1 unspecified atom stereocenters. The molecule has 0 aliphatic carbocycles. The van der Waals surface area contributed by atoms with Crippen molar-refractivity contribution in [1.29, 1.82) is 0 Å². The molecule has 0 fully saturated rings. The van der Waals surface area contributed by atoms with E-state index >= 15 is 0 Å². The van der Waals surface area contributed by atoms with Crippen LogP contribution in [-0.2, 0) is 20.4 Å². The molecular weight excluding hydrogens is 232 g/mol. The minimum Gasteiger partial charge on any atom is -0.299 e. The van der Waals surface area contributed by atoms with Gasteiger partial charge in [-0.15, -0.1) is 0 Å². The topological polar surface area (TPSA) is 51.2 Å². The predicted octanol–water partition coefficient (Wildman–Crippen LogP) is 1.67. The Kier molecular flexibility index (Phi) is 13.7. The zero-order valence-electron chi connectivity index (χ0n) is 9.87. The maximum absolute atomic E-state index is 10.5. The van der Waals surface area contributed by atoms with Gasteiger partial charge in [-0.1, -0.05) is 13.8 Å². The Labute approximate surface area is 98.8 Å². The first-order valence-electron chi connectivity index (χ1n) is 4.85. The Morgan fingerprint density at radius 2 is 1.67 bits per heavy atom. The van der Waals surface area contributed by atoms with E-state index in [1.165, 1.54) is 6.92 Å².